The van der Waals surface area contributed by atoms with Crippen LogP contribution in [0.25, 0.3) is 0 Å². The van der Waals surface area contributed by atoms with E-state index in [0.717, 1.165) is 18.5 Å². The van der Waals surface area contributed by atoms with Crippen molar-refractivity contribution in [1.82, 2.24) is 15.4 Å². The molecule has 0 atom stereocenters. The molecule has 3 nitrogen and oxygen atoms in total. The Morgan fingerprint density at radius 3 is 2.60 bits per heavy atom. The fourth-order valence-corrected chi connectivity index (χ4v) is 0.602. The minimum atomic E-state index is 1.02. The van der Waals surface area contributed by atoms with Gasteiger partial charge in [0.25, 0.3) is 0 Å². The zero-order chi connectivity index (χ0) is 7.82. The molecule has 1 aromatic rings. The minimum absolute atomic E-state index is 1.02. The number of aryl methyl sites for hydroxylation is 1. The summed E-state index contributed by atoms with van der Waals surface area (Å²) in [4.78, 5) is 0. The lowest BCUT2D eigenvalue weighted by Crippen LogP contribution is -1.80. The highest BCUT2D eigenvalue weighted by Crippen LogP contribution is 1.92. The molecular weight excluding hydrogens is 126 g/mol. The molecule has 1 rings (SSSR count). The summed E-state index contributed by atoms with van der Waals surface area (Å²) in [5, 5.41) is 10.1. The second-order valence-corrected chi connectivity index (χ2v) is 1.71. The SMILES string of the molecule is CC.CCCc1cn[nH]n1. The summed E-state index contributed by atoms with van der Waals surface area (Å²) in [5.74, 6) is 0. The Bertz CT molecular complexity index is 135. The van der Waals surface area contributed by atoms with E-state index in [1.54, 1.807) is 6.20 Å². The summed E-state index contributed by atoms with van der Waals surface area (Å²) < 4.78 is 0. The first-order valence-corrected chi connectivity index (χ1v) is 3.78. The van der Waals surface area contributed by atoms with E-state index in [9.17, 15) is 0 Å². The maximum atomic E-state index is 3.87. The van der Waals surface area contributed by atoms with Crippen LogP contribution in [-0.4, -0.2) is 15.4 Å². The highest BCUT2D eigenvalue weighted by atomic mass is 15.3. The van der Waals surface area contributed by atoms with Crippen LogP contribution in [0.1, 0.15) is 32.9 Å². The summed E-state index contributed by atoms with van der Waals surface area (Å²) in [5.41, 5.74) is 1.05. The molecule has 58 valence electrons. The first-order chi connectivity index (χ1) is 4.93. The number of aromatic amines is 1. The van der Waals surface area contributed by atoms with Crippen molar-refractivity contribution in [3.63, 3.8) is 0 Å². The molecule has 10 heavy (non-hydrogen) atoms. The molecule has 1 heterocycles. The summed E-state index contributed by atoms with van der Waals surface area (Å²) in [6.45, 7) is 6.12. The van der Waals surface area contributed by atoms with Crippen molar-refractivity contribution in [3.8, 4) is 0 Å². The molecule has 0 radical (unpaired) electrons. The van der Waals surface area contributed by atoms with Crippen molar-refractivity contribution in [2.75, 3.05) is 0 Å². The lowest BCUT2D eigenvalue weighted by Gasteiger charge is -1.82. The van der Waals surface area contributed by atoms with Crippen LogP contribution < -0.4 is 0 Å². The molecule has 0 saturated carbocycles. The van der Waals surface area contributed by atoms with Gasteiger partial charge in [-0.05, 0) is 6.42 Å². The van der Waals surface area contributed by atoms with Crippen LogP contribution in [0.5, 0.6) is 0 Å². The quantitative estimate of drug-likeness (QED) is 0.682. The Morgan fingerprint density at radius 2 is 2.20 bits per heavy atom. The predicted octanol–water partition coefficient (Wildman–Crippen LogP) is 1.78. The van der Waals surface area contributed by atoms with E-state index in [0.29, 0.717) is 0 Å². The van der Waals surface area contributed by atoms with Gasteiger partial charge in [0.05, 0.1) is 11.9 Å². The maximum Gasteiger partial charge on any atom is 0.0824 e. The van der Waals surface area contributed by atoms with Crippen LogP contribution in [0.4, 0.5) is 0 Å². The summed E-state index contributed by atoms with van der Waals surface area (Å²) in [7, 11) is 0. The topological polar surface area (TPSA) is 41.6 Å². The lowest BCUT2D eigenvalue weighted by molar-refractivity contribution is 0.853. The van der Waals surface area contributed by atoms with Gasteiger partial charge in [0.15, 0.2) is 0 Å². The van der Waals surface area contributed by atoms with Gasteiger partial charge in [0.1, 0.15) is 0 Å². The third-order valence-electron chi connectivity index (χ3n) is 0.971. The molecule has 0 spiro atoms. The van der Waals surface area contributed by atoms with Crippen LogP contribution >= 0.6 is 0 Å². The fraction of sp³-hybridized carbons (Fsp3) is 0.714. The summed E-state index contributed by atoms with van der Waals surface area (Å²) in [6.07, 6.45) is 3.91. The average Bonchev–Trinajstić information content (AvgIpc) is 2.46. The Balaban J connectivity index is 0.000000371. The van der Waals surface area contributed by atoms with Gasteiger partial charge in [-0.15, -0.1) is 0 Å². The first-order valence-electron chi connectivity index (χ1n) is 3.78. The van der Waals surface area contributed by atoms with E-state index in [1.165, 1.54) is 0 Å². The molecule has 0 aliphatic rings. The Labute approximate surface area is 61.8 Å². The van der Waals surface area contributed by atoms with Crippen LogP contribution in [0.2, 0.25) is 0 Å². The van der Waals surface area contributed by atoms with Gasteiger partial charge in [0, 0.05) is 0 Å². The third kappa shape index (κ3) is 3.22. The molecule has 0 aliphatic heterocycles. The Hall–Kier alpha value is -0.860. The van der Waals surface area contributed by atoms with Gasteiger partial charge in [0.2, 0.25) is 0 Å². The first kappa shape index (κ1) is 9.14. The van der Waals surface area contributed by atoms with Crippen molar-refractivity contribution < 1.29 is 0 Å². The molecule has 0 fully saturated rings. The van der Waals surface area contributed by atoms with E-state index in [1.807, 2.05) is 13.8 Å². The average molecular weight is 141 g/mol. The van der Waals surface area contributed by atoms with Gasteiger partial charge in [-0.25, -0.2) is 0 Å². The van der Waals surface area contributed by atoms with Crippen molar-refractivity contribution in [3.05, 3.63) is 11.9 Å². The number of nitrogens with one attached hydrogen (secondary N) is 1. The van der Waals surface area contributed by atoms with E-state index in [4.69, 9.17) is 0 Å². The van der Waals surface area contributed by atoms with E-state index < -0.39 is 0 Å². The van der Waals surface area contributed by atoms with Crippen molar-refractivity contribution in [2.45, 2.75) is 33.6 Å². The number of aromatic nitrogens is 3. The maximum absolute atomic E-state index is 3.87. The number of hydrogen-bond acceptors (Lipinski definition) is 2. The number of rotatable bonds is 2. The van der Waals surface area contributed by atoms with Crippen LogP contribution in [0, 0.1) is 0 Å². The third-order valence-corrected chi connectivity index (χ3v) is 0.971. The summed E-state index contributed by atoms with van der Waals surface area (Å²) >= 11 is 0. The molecule has 0 aliphatic carbocycles. The van der Waals surface area contributed by atoms with Gasteiger partial charge in [-0.1, -0.05) is 27.2 Å². The molecule has 0 saturated heterocycles. The van der Waals surface area contributed by atoms with Crippen LogP contribution in [0.15, 0.2) is 6.20 Å². The molecule has 1 aromatic heterocycles. The Kier molecular flexibility index (Phi) is 5.72. The van der Waals surface area contributed by atoms with Gasteiger partial charge < -0.3 is 0 Å². The zero-order valence-electron chi connectivity index (χ0n) is 6.89. The minimum Gasteiger partial charge on any atom is -0.198 e. The molecule has 0 aromatic carbocycles. The highest BCUT2D eigenvalue weighted by Gasteiger charge is 1.89. The van der Waals surface area contributed by atoms with Crippen molar-refractivity contribution in [1.29, 1.82) is 0 Å². The van der Waals surface area contributed by atoms with Crippen molar-refractivity contribution >= 4 is 0 Å². The lowest BCUT2D eigenvalue weighted by atomic mass is 10.3. The second kappa shape index (κ2) is 6.26. The molecule has 1 N–H and O–H groups in total. The number of nitrogens with zero attached hydrogens (tertiary/aromatic N) is 2. The standard InChI is InChI=1S/C5H9N3.C2H6/c1-2-3-5-4-6-8-7-5;1-2/h4H,2-3H2,1H3,(H,6,7,8);1-2H3. The smallest absolute Gasteiger partial charge is 0.0824 e. The predicted molar refractivity (Wildman–Crippen MR) is 41.7 cm³/mol. The number of hydrogen-bond donors (Lipinski definition) is 1. The molecule has 0 unspecified atom stereocenters. The molecule has 0 bridgehead atoms. The van der Waals surface area contributed by atoms with Crippen LogP contribution in [0.3, 0.4) is 0 Å². The van der Waals surface area contributed by atoms with Gasteiger partial charge in [-0.2, -0.15) is 15.4 Å². The highest BCUT2D eigenvalue weighted by molar-refractivity contribution is 4.89. The van der Waals surface area contributed by atoms with E-state index >= 15 is 0 Å². The number of H-pyrrole nitrogens is 1. The monoisotopic (exact) mass is 141 g/mol. The molecule has 0 amide bonds. The van der Waals surface area contributed by atoms with Crippen LogP contribution in [-0.2, 0) is 6.42 Å². The Morgan fingerprint density at radius 1 is 1.50 bits per heavy atom. The second-order valence-electron chi connectivity index (χ2n) is 1.71. The largest absolute Gasteiger partial charge is 0.198 e. The normalized spacial score (nSPS) is 8.30. The van der Waals surface area contributed by atoms with Gasteiger partial charge in [-0.3, -0.25) is 0 Å². The zero-order valence-corrected chi connectivity index (χ0v) is 6.89. The molecule has 3 heteroatoms. The van der Waals surface area contributed by atoms with Crippen molar-refractivity contribution in [2.24, 2.45) is 0 Å². The summed E-state index contributed by atoms with van der Waals surface area (Å²) in [6, 6.07) is 0. The van der Waals surface area contributed by atoms with E-state index in [2.05, 4.69) is 22.3 Å². The van der Waals surface area contributed by atoms with E-state index in [-0.39, 0.29) is 0 Å². The molecular formula is C7H15N3. The van der Waals surface area contributed by atoms with Gasteiger partial charge >= 0.3 is 0 Å². The fourth-order valence-electron chi connectivity index (χ4n) is 0.602.